The summed E-state index contributed by atoms with van der Waals surface area (Å²) in [7, 11) is 1.55. The zero-order valence-corrected chi connectivity index (χ0v) is 17.3. The number of methoxy groups -OCH3 is 1. The Kier molecular flexibility index (Phi) is 7.82. The second-order valence-electron chi connectivity index (χ2n) is 5.16. The Labute approximate surface area is 170 Å². The lowest BCUT2D eigenvalue weighted by molar-refractivity contribution is -0.137. The van der Waals surface area contributed by atoms with Gasteiger partial charge in [-0.05, 0) is 64.3 Å². The molecule has 4 nitrogen and oxygen atoms in total. The highest BCUT2D eigenvalue weighted by atomic mass is 79.9. The van der Waals surface area contributed by atoms with Gasteiger partial charge in [0.2, 0.25) is 0 Å². The van der Waals surface area contributed by atoms with E-state index in [1.807, 2.05) is 12.1 Å². The first-order valence-corrected chi connectivity index (χ1v) is 9.28. The molecule has 0 bridgehead atoms. The summed E-state index contributed by atoms with van der Waals surface area (Å²) in [5, 5.41) is 0.963. The summed E-state index contributed by atoms with van der Waals surface area (Å²) in [5.74, 6) is 0.678. The van der Waals surface area contributed by atoms with Gasteiger partial charge in [-0.2, -0.15) is 0 Å². The minimum absolute atomic E-state index is 0.295. The van der Waals surface area contributed by atoms with Crippen LogP contribution in [0.5, 0.6) is 11.5 Å². The predicted molar refractivity (Wildman–Crippen MR) is 107 cm³/mol. The van der Waals surface area contributed by atoms with Crippen molar-refractivity contribution in [1.82, 2.24) is 0 Å². The van der Waals surface area contributed by atoms with Gasteiger partial charge < -0.3 is 14.2 Å². The zero-order valence-electron chi connectivity index (χ0n) is 14.2. The Bertz CT molecular complexity index is 821. The van der Waals surface area contributed by atoms with Gasteiger partial charge in [0.15, 0.2) is 11.5 Å². The fraction of sp³-hybridized carbons (Fsp3) is 0.211. The monoisotopic (exact) mass is 458 g/mol. The van der Waals surface area contributed by atoms with E-state index in [-0.39, 0.29) is 0 Å². The van der Waals surface area contributed by atoms with Crippen LogP contribution >= 0.6 is 39.1 Å². The molecule has 0 aliphatic rings. The molecule has 0 aliphatic carbocycles. The lowest BCUT2D eigenvalue weighted by Gasteiger charge is -2.14. The van der Waals surface area contributed by atoms with Crippen LogP contribution in [-0.4, -0.2) is 19.7 Å². The van der Waals surface area contributed by atoms with Crippen LogP contribution in [0.4, 0.5) is 0 Å². The minimum Gasteiger partial charge on any atom is -0.493 e. The molecule has 0 radical (unpaired) electrons. The first-order valence-electron chi connectivity index (χ1n) is 7.73. The van der Waals surface area contributed by atoms with Gasteiger partial charge >= 0.3 is 5.97 Å². The number of benzene rings is 2. The van der Waals surface area contributed by atoms with Crippen molar-refractivity contribution >= 4 is 51.2 Å². The van der Waals surface area contributed by atoms with Crippen LogP contribution < -0.4 is 9.47 Å². The molecule has 7 heteroatoms. The second-order valence-corrected chi connectivity index (χ2v) is 6.83. The van der Waals surface area contributed by atoms with E-state index in [2.05, 4.69) is 15.9 Å². The SMILES string of the molecule is CCOC(=O)/C=C/c1cc(Br)c(OCc2ccc(Cl)c(Cl)c2)c(OC)c1. The van der Waals surface area contributed by atoms with Crippen molar-refractivity contribution < 1.29 is 19.0 Å². The van der Waals surface area contributed by atoms with Crippen molar-refractivity contribution in [2.45, 2.75) is 13.5 Å². The molecule has 0 fully saturated rings. The van der Waals surface area contributed by atoms with Gasteiger partial charge in [-0.15, -0.1) is 0 Å². The average molecular weight is 460 g/mol. The number of rotatable bonds is 7. The van der Waals surface area contributed by atoms with Gasteiger partial charge in [0, 0.05) is 6.08 Å². The van der Waals surface area contributed by atoms with Crippen LogP contribution in [0.15, 0.2) is 40.9 Å². The lowest BCUT2D eigenvalue weighted by atomic mass is 10.2. The molecule has 0 spiro atoms. The Hall–Kier alpha value is -1.69. The van der Waals surface area contributed by atoms with E-state index in [0.717, 1.165) is 11.1 Å². The summed E-state index contributed by atoms with van der Waals surface area (Å²) in [6.07, 6.45) is 3.01. The predicted octanol–water partition coefficient (Wildman–Crippen LogP) is 5.92. The zero-order chi connectivity index (χ0) is 19.1. The van der Waals surface area contributed by atoms with E-state index >= 15 is 0 Å². The van der Waals surface area contributed by atoms with Gasteiger partial charge in [0.25, 0.3) is 0 Å². The number of carbonyl (C=O) groups excluding carboxylic acids is 1. The smallest absolute Gasteiger partial charge is 0.330 e. The Morgan fingerprint density at radius 3 is 2.62 bits per heavy atom. The van der Waals surface area contributed by atoms with E-state index in [1.54, 1.807) is 38.3 Å². The first-order chi connectivity index (χ1) is 12.4. The molecule has 0 aliphatic heterocycles. The Balaban J connectivity index is 2.18. The van der Waals surface area contributed by atoms with Crippen LogP contribution in [-0.2, 0) is 16.1 Å². The molecule has 2 aromatic carbocycles. The normalized spacial score (nSPS) is 10.8. The highest BCUT2D eigenvalue weighted by molar-refractivity contribution is 9.10. The van der Waals surface area contributed by atoms with E-state index < -0.39 is 5.97 Å². The number of esters is 1. The summed E-state index contributed by atoms with van der Waals surface area (Å²) in [6.45, 7) is 2.38. The third-order valence-electron chi connectivity index (χ3n) is 3.32. The summed E-state index contributed by atoms with van der Waals surface area (Å²) < 4.78 is 16.8. The molecule has 0 heterocycles. The van der Waals surface area contributed by atoms with Crippen molar-refractivity contribution in [1.29, 1.82) is 0 Å². The molecular weight excluding hydrogens is 443 g/mol. The Morgan fingerprint density at radius 2 is 1.96 bits per heavy atom. The molecule has 26 heavy (non-hydrogen) atoms. The topological polar surface area (TPSA) is 44.8 Å². The first kappa shape index (κ1) is 20.6. The van der Waals surface area contributed by atoms with E-state index in [4.69, 9.17) is 37.4 Å². The molecule has 0 amide bonds. The molecule has 0 saturated heterocycles. The fourth-order valence-corrected chi connectivity index (χ4v) is 3.01. The summed E-state index contributed by atoms with van der Waals surface area (Å²) >= 11 is 15.4. The van der Waals surface area contributed by atoms with Crippen molar-refractivity contribution in [2.24, 2.45) is 0 Å². The van der Waals surface area contributed by atoms with E-state index in [1.165, 1.54) is 6.08 Å². The fourth-order valence-electron chi connectivity index (χ4n) is 2.12. The van der Waals surface area contributed by atoms with Crippen molar-refractivity contribution in [2.75, 3.05) is 13.7 Å². The molecular formula is C19H17BrCl2O4. The maximum Gasteiger partial charge on any atom is 0.330 e. The van der Waals surface area contributed by atoms with Gasteiger partial charge in [0.05, 0.1) is 28.2 Å². The quantitative estimate of drug-likeness (QED) is 0.380. The number of ether oxygens (including phenoxy) is 3. The van der Waals surface area contributed by atoms with E-state index in [0.29, 0.717) is 39.2 Å². The van der Waals surface area contributed by atoms with Crippen LogP contribution in [0, 0.1) is 0 Å². The van der Waals surface area contributed by atoms with Gasteiger partial charge in [-0.25, -0.2) is 4.79 Å². The van der Waals surface area contributed by atoms with Crippen LogP contribution in [0.25, 0.3) is 6.08 Å². The number of hydrogen-bond acceptors (Lipinski definition) is 4. The van der Waals surface area contributed by atoms with Crippen LogP contribution in [0.2, 0.25) is 10.0 Å². The summed E-state index contributed by atoms with van der Waals surface area (Å²) in [5.41, 5.74) is 1.64. The third-order valence-corrected chi connectivity index (χ3v) is 4.65. The van der Waals surface area contributed by atoms with Crippen LogP contribution in [0.3, 0.4) is 0 Å². The number of halogens is 3. The maximum atomic E-state index is 11.4. The largest absolute Gasteiger partial charge is 0.493 e. The van der Waals surface area contributed by atoms with Gasteiger partial charge in [-0.1, -0.05) is 29.3 Å². The molecule has 0 atom stereocenters. The van der Waals surface area contributed by atoms with Crippen molar-refractivity contribution in [3.8, 4) is 11.5 Å². The maximum absolute atomic E-state index is 11.4. The molecule has 0 saturated carbocycles. The second kappa shape index (κ2) is 9.86. The van der Waals surface area contributed by atoms with Crippen molar-refractivity contribution in [3.63, 3.8) is 0 Å². The number of carbonyl (C=O) groups is 1. The summed E-state index contributed by atoms with van der Waals surface area (Å²) in [4.78, 5) is 11.4. The highest BCUT2D eigenvalue weighted by Gasteiger charge is 2.12. The lowest BCUT2D eigenvalue weighted by Crippen LogP contribution is -2.00. The highest BCUT2D eigenvalue weighted by Crippen LogP contribution is 2.37. The molecule has 2 aromatic rings. The molecule has 0 aromatic heterocycles. The van der Waals surface area contributed by atoms with Gasteiger partial charge in [0.1, 0.15) is 6.61 Å². The molecule has 2 rings (SSSR count). The molecule has 0 N–H and O–H groups in total. The molecule has 0 unspecified atom stereocenters. The average Bonchev–Trinajstić information content (AvgIpc) is 2.61. The van der Waals surface area contributed by atoms with Crippen LogP contribution in [0.1, 0.15) is 18.1 Å². The Morgan fingerprint density at radius 1 is 1.19 bits per heavy atom. The standard InChI is InChI=1S/C19H17BrCl2O4/c1-3-25-18(23)7-5-12-8-14(20)19(17(10-12)24-2)26-11-13-4-6-15(21)16(22)9-13/h4-10H,3,11H2,1-2H3/b7-5+. The number of hydrogen-bond donors (Lipinski definition) is 0. The van der Waals surface area contributed by atoms with Crippen molar-refractivity contribution in [3.05, 3.63) is 62.1 Å². The van der Waals surface area contributed by atoms with E-state index in [9.17, 15) is 4.79 Å². The third kappa shape index (κ3) is 5.66. The summed E-state index contributed by atoms with van der Waals surface area (Å²) in [6, 6.07) is 8.90. The van der Waals surface area contributed by atoms with Gasteiger partial charge in [-0.3, -0.25) is 0 Å². The minimum atomic E-state index is -0.400. The molecule has 138 valence electrons.